The maximum Gasteiger partial charge on any atom is 0.251 e. The van der Waals surface area contributed by atoms with Gasteiger partial charge in [0.15, 0.2) is 0 Å². The van der Waals surface area contributed by atoms with Gasteiger partial charge in [0.25, 0.3) is 5.91 Å². The van der Waals surface area contributed by atoms with Gasteiger partial charge < -0.3 is 15.3 Å². The molecule has 1 aliphatic rings. The van der Waals surface area contributed by atoms with E-state index < -0.39 is 11.5 Å². The number of nitrogens with one attached hydrogen (secondary N) is 1. The minimum Gasteiger partial charge on any atom is -0.381 e. The van der Waals surface area contributed by atoms with Gasteiger partial charge in [-0.05, 0) is 33.1 Å². The van der Waals surface area contributed by atoms with Crippen molar-refractivity contribution >= 4 is 11.8 Å². The summed E-state index contributed by atoms with van der Waals surface area (Å²) in [7, 11) is 0. The van der Waals surface area contributed by atoms with Gasteiger partial charge >= 0.3 is 0 Å². The molecular weight excluding hydrogens is 220 g/mol. The molecule has 2 N–H and O–H groups in total. The van der Waals surface area contributed by atoms with Crippen LogP contribution >= 0.6 is 0 Å². The number of rotatable bonds is 4. The number of likely N-dealkylation sites (tertiary alicyclic amines) is 1. The highest BCUT2D eigenvalue weighted by Crippen LogP contribution is 2.09. The monoisotopic (exact) mass is 242 g/mol. The number of piperidine rings is 1. The van der Waals surface area contributed by atoms with Crippen molar-refractivity contribution in [2.75, 3.05) is 19.6 Å². The standard InChI is InChI=1S/C12H22N2O3/c1-12(2,17)11(16)13-7-6-10(15)14-8-4-3-5-9-14/h17H,3-9H2,1-2H3,(H,13,16). The molecule has 1 fully saturated rings. The van der Waals surface area contributed by atoms with Crippen molar-refractivity contribution in [2.24, 2.45) is 0 Å². The van der Waals surface area contributed by atoms with E-state index in [1.54, 1.807) is 0 Å². The molecule has 0 aromatic rings. The molecule has 0 bridgehead atoms. The van der Waals surface area contributed by atoms with E-state index in [-0.39, 0.29) is 12.5 Å². The maximum absolute atomic E-state index is 11.7. The lowest BCUT2D eigenvalue weighted by atomic mass is 10.1. The molecule has 0 spiro atoms. The molecule has 1 rings (SSSR count). The van der Waals surface area contributed by atoms with Gasteiger partial charge in [0.1, 0.15) is 5.60 Å². The Morgan fingerprint density at radius 3 is 2.35 bits per heavy atom. The summed E-state index contributed by atoms with van der Waals surface area (Å²) in [6.07, 6.45) is 3.64. The number of carbonyl (C=O) groups is 2. The minimum absolute atomic E-state index is 0.0840. The third kappa shape index (κ3) is 4.73. The molecule has 1 heterocycles. The fraction of sp³-hybridized carbons (Fsp3) is 0.833. The second-order valence-electron chi connectivity index (χ2n) is 5.01. The normalized spacial score (nSPS) is 16.8. The summed E-state index contributed by atoms with van der Waals surface area (Å²) in [6, 6.07) is 0. The Bertz CT molecular complexity index is 278. The van der Waals surface area contributed by atoms with Gasteiger partial charge in [0, 0.05) is 26.1 Å². The molecule has 0 saturated carbocycles. The number of nitrogens with zero attached hydrogens (tertiary/aromatic N) is 1. The fourth-order valence-electron chi connectivity index (χ4n) is 1.80. The topological polar surface area (TPSA) is 69.6 Å². The van der Waals surface area contributed by atoms with E-state index in [1.807, 2.05) is 4.90 Å². The van der Waals surface area contributed by atoms with Crippen LogP contribution in [0.2, 0.25) is 0 Å². The lowest BCUT2D eigenvalue weighted by Crippen LogP contribution is -2.44. The van der Waals surface area contributed by atoms with E-state index in [2.05, 4.69) is 5.32 Å². The van der Waals surface area contributed by atoms with Gasteiger partial charge in [-0.2, -0.15) is 0 Å². The zero-order chi connectivity index (χ0) is 12.9. The fourth-order valence-corrected chi connectivity index (χ4v) is 1.80. The van der Waals surface area contributed by atoms with Crippen LogP contribution in [0.4, 0.5) is 0 Å². The molecule has 2 amide bonds. The molecule has 1 aliphatic heterocycles. The Labute approximate surface area is 102 Å². The molecule has 98 valence electrons. The first kappa shape index (κ1) is 14.0. The SMILES string of the molecule is CC(C)(O)C(=O)NCCC(=O)N1CCCCC1. The molecule has 0 aliphatic carbocycles. The summed E-state index contributed by atoms with van der Waals surface area (Å²) in [5.41, 5.74) is -1.38. The van der Waals surface area contributed by atoms with Gasteiger partial charge in [0.2, 0.25) is 5.91 Å². The van der Waals surface area contributed by atoms with Crippen molar-refractivity contribution in [3.05, 3.63) is 0 Å². The average molecular weight is 242 g/mol. The zero-order valence-electron chi connectivity index (χ0n) is 10.7. The highest BCUT2D eigenvalue weighted by Gasteiger charge is 2.23. The van der Waals surface area contributed by atoms with Crippen LogP contribution in [-0.4, -0.2) is 47.1 Å². The summed E-state index contributed by atoms with van der Waals surface area (Å²) in [5.74, 6) is -0.357. The van der Waals surface area contributed by atoms with Gasteiger partial charge in [-0.3, -0.25) is 9.59 Å². The van der Waals surface area contributed by atoms with Crippen LogP contribution < -0.4 is 5.32 Å². The van der Waals surface area contributed by atoms with Crippen molar-refractivity contribution in [3.8, 4) is 0 Å². The van der Waals surface area contributed by atoms with E-state index in [0.717, 1.165) is 25.9 Å². The summed E-state index contributed by atoms with van der Waals surface area (Å²) < 4.78 is 0. The predicted molar refractivity (Wildman–Crippen MR) is 64.4 cm³/mol. The van der Waals surface area contributed by atoms with Crippen molar-refractivity contribution < 1.29 is 14.7 Å². The summed E-state index contributed by atoms with van der Waals surface area (Å²) >= 11 is 0. The summed E-state index contributed by atoms with van der Waals surface area (Å²) in [4.78, 5) is 24.9. The maximum atomic E-state index is 11.7. The number of aliphatic hydroxyl groups is 1. The number of hydrogen-bond acceptors (Lipinski definition) is 3. The average Bonchev–Trinajstić information content (AvgIpc) is 2.28. The van der Waals surface area contributed by atoms with Crippen LogP contribution in [0.1, 0.15) is 39.5 Å². The Balaban J connectivity index is 2.22. The largest absolute Gasteiger partial charge is 0.381 e. The van der Waals surface area contributed by atoms with Crippen LogP contribution in [0.15, 0.2) is 0 Å². The van der Waals surface area contributed by atoms with Crippen LogP contribution in [0.5, 0.6) is 0 Å². The quantitative estimate of drug-likeness (QED) is 0.743. The van der Waals surface area contributed by atoms with Crippen LogP contribution in [0, 0.1) is 0 Å². The molecule has 0 unspecified atom stereocenters. The molecule has 0 radical (unpaired) electrons. The van der Waals surface area contributed by atoms with Gasteiger partial charge in [0.05, 0.1) is 0 Å². The molecule has 0 aromatic carbocycles. The third-order valence-electron chi connectivity index (χ3n) is 2.89. The Morgan fingerprint density at radius 2 is 1.82 bits per heavy atom. The molecule has 17 heavy (non-hydrogen) atoms. The van der Waals surface area contributed by atoms with E-state index in [0.29, 0.717) is 6.42 Å². The minimum atomic E-state index is -1.38. The number of amides is 2. The van der Waals surface area contributed by atoms with E-state index in [9.17, 15) is 14.7 Å². The summed E-state index contributed by atoms with van der Waals surface area (Å²) in [6.45, 7) is 4.80. The Kier molecular flexibility index (Phi) is 4.93. The van der Waals surface area contributed by atoms with Crippen LogP contribution in [-0.2, 0) is 9.59 Å². The van der Waals surface area contributed by atoms with Crippen LogP contribution in [0.25, 0.3) is 0 Å². The Morgan fingerprint density at radius 1 is 1.24 bits per heavy atom. The van der Waals surface area contributed by atoms with Gasteiger partial charge in [-0.15, -0.1) is 0 Å². The molecule has 0 atom stereocenters. The van der Waals surface area contributed by atoms with Gasteiger partial charge in [-0.1, -0.05) is 0 Å². The highest BCUT2D eigenvalue weighted by molar-refractivity contribution is 5.84. The van der Waals surface area contributed by atoms with E-state index in [1.165, 1.54) is 20.3 Å². The number of carbonyl (C=O) groups excluding carboxylic acids is 2. The second kappa shape index (κ2) is 6.00. The van der Waals surface area contributed by atoms with E-state index >= 15 is 0 Å². The first-order valence-corrected chi connectivity index (χ1v) is 6.20. The van der Waals surface area contributed by atoms with Crippen molar-refractivity contribution in [1.29, 1.82) is 0 Å². The van der Waals surface area contributed by atoms with Crippen molar-refractivity contribution in [1.82, 2.24) is 10.2 Å². The molecule has 5 heteroatoms. The molecular formula is C12H22N2O3. The zero-order valence-corrected chi connectivity index (χ0v) is 10.7. The first-order chi connectivity index (χ1) is 7.91. The molecule has 1 saturated heterocycles. The lowest BCUT2D eigenvalue weighted by molar-refractivity contribution is -0.137. The van der Waals surface area contributed by atoms with Crippen LogP contribution in [0.3, 0.4) is 0 Å². The second-order valence-corrected chi connectivity index (χ2v) is 5.01. The third-order valence-corrected chi connectivity index (χ3v) is 2.89. The van der Waals surface area contributed by atoms with E-state index in [4.69, 9.17) is 0 Å². The van der Waals surface area contributed by atoms with Gasteiger partial charge in [-0.25, -0.2) is 0 Å². The van der Waals surface area contributed by atoms with Crippen molar-refractivity contribution in [3.63, 3.8) is 0 Å². The molecule has 5 nitrogen and oxygen atoms in total. The summed E-state index contributed by atoms with van der Waals surface area (Å²) in [5, 5.41) is 11.9. The first-order valence-electron chi connectivity index (χ1n) is 6.20. The predicted octanol–water partition coefficient (Wildman–Crippen LogP) is 0.276. The Hall–Kier alpha value is -1.10. The van der Waals surface area contributed by atoms with Crippen molar-refractivity contribution in [2.45, 2.75) is 45.1 Å². The highest BCUT2D eigenvalue weighted by atomic mass is 16.3. The smallest absolute Gasteiger partial charge is 0.251 e. The lowest BCUT2D eigenvalue weighted by Gasteiger charge is -2.27. The number of hydrogen-bond donors (Lipinski definition) is 2. The molecule has 0 aromatic heterocycles.